The summed E-state index contributed by atoms with van der Waals surface area (Å²) in [5.74, 6) is 3.33. The second kappa shape index (κ2) is 6.40. The Bertz CT molecular complexity index is 486. The minimum Gasteiger partial charge on any atom is -0.331 e. The highest BCUT2D eigenvalue weighted by Crippen LogP contribution is 2.29. The molecule has 2 N–H and O–H groups in total. The zero-order valence-electron chi connectivity index (χ0n) is 11.1. The SMILES string of the molecule is C#CCN(CC1CC1)C(=O)Cc1ccccc1CN. The van der Waals surface area contributed by atoms with Crippen molar-refractivity contribution in [2.75, 3.05) is 13.1 Å². The summed E-state index contributed by atoms with van der Waals surface area (Å²) < 4.78 is 0. The quantitative estimate of drug-likeness (QED) is 0.785. The second-order valence-electron chi connectivity index (χ2n) is 5.07. The van der Waals surface area contributed by atoms with E-state index in [1.165, 1.54) is 12.8 Å². The Morgan fingerprint density at radius 2 is 2.05 bits per heavy atom. The van der Waals surface area contributed by atoms with Crippen molar-refractivity contribution >= 4 is 5.91 Å². The number of benzene rings is 1. The zero-order chi connectivity index (χ0) is 13.7. The zero-order valence-corrected chi connectivity index (χ0v) is 11.1. The molecule has 0 spiro atoms. The molecule has 100 valence electrons. The molecule has 3 heteroatoms. The number of rotatable bonds is 6. The van der Waals surface area contributed by atoms with Gasteiger partial charge in [-0.15, -0.1) is 6.42 Å². The minimum atomic E-state index is 0.103. The van der Waals surface area contributed by atoms with E-state index in [-0.39, 0.29) is 5.91 Å². The molecule has 1 saturated carbocycles. The smallest absolute Gasteiger partial charge is 0.227 e. The van der Waals surface area contributed by atoms with Crippen LogP contribution in [0.5, 0.6) is 0 Å². The number of nitrogens with zero attached hydrogens (tertiary/aromatic N) is 1. The summed E-state index contributed by atoms with van der Waals surface area (Å²) in [5, 5.41) is 0. The molecule has 0 atom stereocenters. The van der Waals surface area contributed by atoms with Crippen molar-refractivity contribution in [1.29, 1.82) is 0 Å². The molecular weight excluding hydrogens is 236 g/mol. The average molecular weight is 256 g/mol. The van der Waals surface area contributed by atoms with E-state index in [9.17, 15) is 4.79 Å². The van der Waals surface area contributed by atoms with Crippen LogP contribution in [0.15, 0.2) is 24.3 Å². The highest BCUT2D eigenvalue weighted by Gasteiger charge is 2.26. The van der Waals surface area contributed by atoms with Crippen molar-refractivity contribution in [3.8, 4) is 12.3 Å². The van der Waals surface area contributed by atoms with Gasteiger partial charge < -0.3 is 10.6 Å². The van der Waals surface area contributed by atoms with Gasteiger partial charge >= 0.3 is 0 Å². The molecule has 1 aromatic rings. The summed E-state index contributed by atoms with van der Waals surface area (Å²) in [6, 6.07) is 7.81. The van der Waals surface area contributed by atoms with E-state index in [4.69, 9.17) is 12.2 Å². The van der Waals surface area contributed by atoms with Gasteiger partial charge in [-0.05, 0) is 29.9 Å². The maximum absolute atomic E-state index is 12.3. The number of carbonyl (C=O) groups is 1. The molecule has 0 unspecified atom stereocenters. The van der Waals surface area contributed by atoms with E-state index in [1.54, 1.807) is 4.90 Å². The first kappa shape index (κ1) is 13.6. The Morgan fingerprint density at radius 1 is 1.37 bits per heavy atom. The largest absolute Gasteiger partial charge is 0.331 e. The molecule has 0 aromatic heterocycles. The molecule has 0 bridgehead atoms. The van der Waals surface area contributed by atoms with Gasteiger partial charge in [-0.2, -0.15) is 0 Å². The van der Waals surface area contributed by atoms with Crippen LogP contribution in [0.25, 0.3) is 0 Å². The lowest BCUT2D eigenvalue weighted by molar-refractivity contribution is -0.130. The van der Waals surface area contributed by atoms with Crippen LogP contribution >= 0.6 is 0 Å². The van der Waals surface area contributed by atoms with Crippen LogP contribution in [-0.4, -0.2) is 23.9 Å². The van der Waals surface area contributed by atoms with Crippen LogP contribution in [0, 0.1) is 18.3 Å². The maximum Gasteiger partial charge on any atom is 0.227 e. The fourth-order valence-corrected chi connectivity index (χ4v) is 2.18. The van der Waals surface area contributed by atoms with E-state index >= 15 is 0 Å². The number of carbonyl (C=O) groups excluding carboxylic acids is 1. The number of nitrogens with two attached hydrogens (primary N) is 1. The molecule has 1 aliphatic carbocycles. The van der Waals surface area contributed by atoms with Gasteiger partial charge in [-0.3, -0.25) is 4.79 Å². The molecule has 1 aliphatic rings. The van der Waals surface area contributed by atoms with Crippen molar-refractivity contribution in [1.82, 2.24) is 4.90 Å². The first-order valence-electron chi connectivity index (χ1n) is 6.72. The fraction of sp³-hybridized carbons (Fsp3) is 0.438. The molecule has 0 heterocycles. The highest BCUT2D eigenvalue weighted by atomic mass is 16.2. The Balaban J connectivity index is 2.02. The van der Waals surface area contributed by atoms with Crippen molar-refractivity contribution in [2.45, 2.75) is 25.8 Å². The molecule has 0 radical (unpaired) electrons. The Kier molecular flexibility index (Phi) is 4.59. The van der Waals surface area contributed by atoms with E-state index in [1.807, 2.05) is 24.3 Å². The van der Waals surface area contributed by atoms with Gasteiger partial charge in [0.25, 0.3) is 0 Å². The number of amides is 1. The molecule has 1 fully saturated rings. The summed E-state index contributed by atoms with van der Waals surface area (Å²) in [6.07, 6.45) is 8.17. The van der Waals surface area contributed by atoms with Gasteiger partial charge in [0.05, 0.1) is 13.0 Å². The van der Waals surface area contributed by atoms with Crippen LogP contribution in [0.1, 0.15) is 24.0 Å². The first-order valence-corrected chi connectivity index (χ1v) is 6.72. The Labute approximate surface area is 114 Å². The van der Waals surface area contributed by atoms with Crippen LogP contribution in [-0.2, 0) is 17.8 Å². The van der Waals surface area contributed by atoms with E-state index < -0.39 is 0 Å². The van der Waals surface area contributed by atoms with Gasteiger partial charge in [0, 0.05) is 13.1 Å². The number of hydrogen-bond donors (Lipinski definition) is 1. The van der Waals surface area contributed by atoms with Crippen molar-refractivity contribution in [3.63, 3.8) is 0 Å². The first-order chi connectivity index (χ1) is 9.24. The predicted octanol–water partition coefficient (Wildman–Crippen LogP) is 1.56. The molecule has 1 aromatic carbocycles. The molecule has 3 nitrogen and oxygen atoms in total. The summed E-state index contributed by atoms with van der Waals surface area (Å²) >= 11 is 0. The summed E-state index contributed by atoms with van der Waals surface area (Å²) in [4.78, 5) is 14.1. The predicted molar refractivity (Wildman–Crippen MR) is 76.2 cm³/mol. The normalized spacial score (nSPS) is 13.9. The molecule has 0 aliphatic heterocycles. The lowest BCUT2D eigenvalue weighted by atomic mass is 10.0. The van der Waals surface area contributed by atoms with Crippen LogP contribution in [0.3, 0.4) is 0 Å². The van der Waals surface area contributed by atoms with E-state index in [0.717, 1.165) is 17.7 Å². The van der Waals surface area contributed by atoms with Crippen LogP contribution < -0.4 is 5.73 Å². The van der Waals surface area contributed by atoms with Crippen LogP contribution in [0.2, 0.25) is 0 Å². The van der Waals surface area contributed by atoms with E-state index in [2.05, 4.69) is 5.92 Å². The fourth-order valence-electron chi connectivity index (χ4n) is 2.18. The van der Waals surface area contributed by atoms with Gasteiger partial charge in [-0.25, -0.2) is 0 Å². The van der Waals surface area contributed by atoms with Crippen molar-refractivity contribution in [2.24, 2.45) is 11.7 Å². The van der Waals surface area contributed by atoms with Gasteiger partial charge in [-0.1, -0.05) is 30.2 Å². The van der Waals surface area contributed by atoms with Crippen molar-refractivity contribution in [3.05, 3.63) is 35.4 Å². The standard InChI is InChI=1S/C16H20N2O/c1-2-9-18(12-13-7-8-13)16(19)10-14-5-3-4-6-15(14)11-17/h1,3-6,13H,7-12,17H2. The third-order valence-electron chi connectivity index (χ3n) is 3.49. The maximum atomic E-state index is 12.3. The lowest BCUT2D eigenvalue weighted by Crippen LogP contribution is -2.34. The topological polar surface area (TPSA) is 46.3 Å². The highest BCUT2D eigenvalue weighted by molar-refractivity contribution is 5.79. The van der Waals surface area contributed by atoms with Crippen molar-refractivity contribution < 1.29 is 4.79 Å². The number of terminal acetylenes is 1. The average Bonchev–Trinajstić information content (AvgIpc) is 3.23. The Hall–Kier alpha value is -1.79. The molecular formula is C16H20N2O. The summed E-state index contributed by atoms with van der Waals surface area (Å²) in [5.41, 5.74) is 7.73. The van der Waals surface area contributed by atoms with Gasteiger partial charge in [0.15, 0.2) is 0 Å². The van der Waals surface area contributed by atoms with E-state index in [0.29, 0.717) is 25.4 Å². The third kappa shape index (κ3) is 3.84. The minimum absolute atomic E-state index is 0.103. The molecule has 1 amide bonds. The van der Waals surface area contributed by atoms with Crippen LogP contribution in [0.4, 0.5) is 0 Å². The summed E-state index contributed by atoms with van der Waals surface area (Å²) in [6.45, 7) is 1.66. The monoisotopic (exact) mass is 256 g/mol. The molecule has 0 saturated heterocycles. The molecule has 2 rings (SSSR count). The summed E-state index contributed by atoms with van der Waals surface area (Å²) in [7, 11) is 0. The number of hydrogen-bond acceptors (Lipinski definition) is 2. The lowest BCUT2D eigenvalue weighted by Gasteiger charge is -2.20. The Morgan fingerprint density at radius 3 is 2.63 bits per heavy atom. The van der Waals surface area contributed by atoms with Gasteiger partial charge in [0.2, 0.25) is 5.91 Å². The molecule has 19 heavy (non-hydrogen) atoms. The second-order valence-corrected chi connectivity index (χ2v) is 5.07. The third-order valence-corrected chi connectivity index (χ3v) is 3.49. The van der Waals surface area contributed by atoms with Gasteiger partial charge in [0.1, 0.15) is 0 Å².